The minimum absolute atomic E-state index is 0.326. The van der Waals surface area contributed by atoms with Crippen LogP contribution in [-0.2, 0) is 0 Å². The van der Waals surface area contributed by atoms with Crippen LogP contribution in [0.4, 0.5) is 17.3 Å². The van der Waals surface area contributed by atoms with Crippen molar-refractivity contribution < 1.29 is 0 Å². The van der Waals surface area contributed by atoms with Crippen molar-refractivity contribution in [2.75, 3.05) is 23.5 Å². The lowest BCUT2D eigenvalue weighted by Crippen LogP contribution is -2.13. The first-order valence-corrected chi connectivity index (χ1v) is 3.04. The Morgan fingerprint density at radius 3 is 2.64 bits per heavy atom. The Labute approximate surface area is 64.0 Å². The molecule has 60 valence electrons. The van der Waals surface area contributed by atoms with Crippen LogP contribution in [-0.4, -0.2) is 17.0 Å². The lowest BCUT2D eigenvalue weighted by atomic mass is 10.4. The van der Waals surface area contributed by atoms with Crippen molar-refractivity contribution in [1.82, 2.24) is 9.97 Å². The maximum absolute atomic E-state index is 5.47. The third kappa shape index (κ3) is 1.30. The Bertz CT molecular complexity index is 247. The molecule has 0 atom stereocenters. The van der Waals surface area contributed by atoms with Crippen LogP contribution in [0.1, 0.15) is 0 Å². The summed E-state index contributed by atoms with van der Waals surface area (Å²) in [5.41, 5.74) is 8.39. The van der Waals surface area contributed by atoms with E-state index in [1.807, 2.05) is 0 Å². The van der Waals surface area contributed by atoms with Gasteiger partial charge in [0.15, 0.2) is 11.6 Å². The van der Waals surface area contributed by atoms with Gasteiger partial charge in [-0.2, -0.15) is 0 Å². The van der Waals surface area contributed by atoms with Crippen molar-refractivity contribution >= 4 is 17.3 Å². The summed E-state index contributed by atoms with van der Waals surface area (Å²) in [7, 11) is 1.72. The van der Waals surface area contributed by atoms with Crippen LogP contribution in [0.15, 0.2) is 6.33 Å². The van der Waals surface area contributed by atoms with Gasteiger partial charge in [-0.3, -0.25) is 5.84 Å². The van der Waals surface area contributed by atoms with Crippen LogP contribution in [0.3, 0.4) is 0 Å². The van der Waals surface area contributed by atoms with E-state index in [2.05, 4.69) is 20.7 Å². The van der Waals surface area contributed by atoms with Crippen molar-refractivity contribution in [2.24, 2.45) is 5.84 Å². The number of hydrogen-bond donors (Lipinski definition) is 4. The van der Waals surface area contributed by atoms with E-state index < -0.39 is 0 Å². The zero-order valence-electron chi connectivity index (χ0n) is 6.13. The SMILES string of the molecule is CNc1ncnc(N)c1NN. The maximum atomic E-state index is 5.47. The molecule has 0 spiro atoms. The molecular formula is C5H10N6. The topological polar surface area (TPSA) is 102 Å². The Morgan fingerprint density at radius 2 is 2.18 bits per heavy atom. The van der Waals surface area contributed by atoms with Gasteiger partial charge in [0.2, 0.25) is 0 Å². The summed E-state index contributed by atoms with van der Waals surface area (Å²) < 4.78 is 0. The summed E-state index contributed by atoms with van der Waals surface area (Å²) in [5, 5.41) is 2.81. The second-order valence-corrected chi connectivity index (χ2v) is 1.88. The Morgan fingerprint density at radius 1 is 1.45 bits per heavy atom. The molecule has 0 aliphatic carbocycles. The van der Waals surface area contributed by atoms with Gasteiger partial charge in [0, 0.05) is 7.05 Å². The van der Waals surface area contributed by atoms with E-state index in [0.29, 0.717) is 17.3 Å². The number of nitrogens with zero attached hydrogens (tertiary/aromatic N) is 2. The molecule has 0 unspecified atom stereocenters. The number of hydrogen-bond acceptors (Lipinski definition) is 6. The number of anilines is 3. The molecule has 6 N–H and O–H groups in total. The zero-order valence-corrected chi connectivity index (χ0v) is 6.13. The number of rotatable bonds is 2. The molecular weight excluding hydrogens is 144 g/mol. The zero-order chi connectivity index (χ0) is 8.27. The smallest absolute Gasteiger partial charge is 0.156 e. The third-order valence-electron chi connectivity index (χ3n) is 1.26. The third-order valence-corrected chi connectivity index (χ3v) is 1.26. The van der Waals surface area contributed by atoms with Crippen molar-refractivity contribution in [1.29, 1.82) is 0 Å². The first kappa shape index (κ1) is 7.55. The fourth-order valence-corrected chi connectivity index (χ4v) is 0.731. The molecule has 0 aliphatic rings. The van der Waals surface area contributed by atoms with Gasteiger partial charge >= 0.3 is 0 Å². The van der Waals surface area contributed by atoms with E-state index >= 15 is 0 Å². The fourth-order valence-electron chi connectivity index (χ4n) is 0.731. The largest absolute Gasteiger partial charge is 0.382 e. The highest BCUT2D eigenvalue weighted by Crippen LogP contribution is 2.21. The van der Waals surface area contributed by atoms with Crippen LogP contribution in [0, 0.1) is 0 Å². The normalized spacial score (nSPS) is 9.27. The highest BCUT2D eigenvalue weighted by Gasteiger charge is 2.04. The molecule has 0 saturated heterocycles. The summed E-state index contributed by atoms with van der Waals surface area (Å²) >= 11 is 0. The number of nitrogens with one attached hydrogen (secondary N) is 2. The van der Waals surface area contributed by atoms with Crippen LogP contribution < -0.4 is 22.3 Å². The van der Waals surface area contributed by atoms with Crippen LogP contribution in [0.2, 0.25) is 0 Å². The quantitative estimate of drug-likeness (QED) is 0.334. The molecule has 6 nitrogen and oxygen atoms in total. The Kier molecular flexibility index (Phi) is 2.07. The van der Waals surface area contributed by atoms with Gasteiger partial charge in [-0.05, 0) is 0 Å². The first-order valence-electron chi connectivity index (χ1n) is 3.04. The summed E-state index contributed by atoms with van der Waals surface area (Å²) in [6.45, 7) is 0. The molecule has 0 bridgehead atoms. The van der Waals surface area contributed by atoms with Crippen LogP contribution in [0.5, 0.6) is 0 Å². The van der Waals surface area contributed by atoms with Crippen LogP contribution >= 0.6 is 0 Å². The molecule has 0 aromatic carbocycles. The lowest BCUT2D eigenvalue weighted by Gasteiger charge is -2.07. The van der Waals surface area contributed by atoms with Gasteiger partial charge < -0.3 is 16.5 Å². The Balaban J connectivity index is 3.13. The minimum Gasteiger partial charge on any atom is -0.382 e. The average Bonchev–Trinajstić information content (AvgIpc) is 2.04. The molecule has 1 aromatic rings. The average molecular weight is 154 g/mol. The van der Waals surface area contributed by atoms with E-state index in [9.17, 15) is 0 Å². The van der Waals surface area contributed by atoms with Gasteiger partial charge in [0.1, 0.15) is 12.0 Å². The monoisotopic (exact) mass is 154 g/mol. The van der Waals surface area contributed by atoms with Gasteiger partial charge in [-0.15, -0.1) is 0 Å². The summed E-state index contributed by atoms with van der Waals surface area (Å²) in [4.78, 5) is 7.63. The standard InChI is InChI=1S/C5H10N6/c1-8-5-3(11-7)4(6)9-2-10-5/h2,11H,7H2,1H3,(H3,6,8,9,10). The van der Waals surface area contributed by atoms with E-state index in [-0.39, 0.29) is 0 Å². The maximum Gasteiger partial charge on any atom is 0.156 e. The second kappa shape index (κ2) is 3.02. The molecule has 1 aromatic heterocycles. The highest BCUT2D eigenvalue weighted by molar-refractivity contribution is 5.74. The van der Waals surface area contributed by atoms with E-state index in [1.165, 1.54) is 6.33 Å². The fraction of sp³-hybridized carbons (Fsp3) is 0.200. The lowest BCUT2D eigenvalue weighted by molar-refractivity contribution is 1.15. The number of nitrogens with two attached hydrogens (primary N) is 2. The van der Waals surface area contributed by atoms with Gasteiger partial charge in [0.05, 0.1) is 0 Å². The summed E-state index contributed by atoms with van der Waals surface area (Å²) in [6.07, 6.45) is 1.36. The molecule has 0 amide bonds. The molecule has 0 fully saturated rings. The minimum atomic E-state index is 0.326. The molecule has 6 heteroatoms. The number of hydrazine groups is 1. The van der Waals surface area contributed by atoms with E-state index in [0.717, 1.165) is 0 Å². The molecule has 0 aliphatic heterocycles. The number of aromatic nitrogens is 2. The van der Waals surface area contributed by atoms with Crippen molar-refractivity contribution in [3.05, 3.63) is 6.33 Å². The van der Waals surface area contributed by atoms with E-state index in [1.54, 1.807) is 7.05 Å². The molecule has 1 rings (SSSR count). The second-order valence-electron chi connectivity index (χ2n) is 1.88. The predicted octanol–water partition coefficient (Wildman–Crippen LogP) is -0.614. The first-order chi connectivity index (χ1) is 5.29. The van der Waals surface area contributed by atoms with Gasteiger partial charge in [0.25, 0.3) is 0 Å². The van der Waals surface area contributed by atoms with Crippen LogP contribution in [0.25, 0.3) is 0 Å². The Hall–Kier alpha value is -1.56. The predicted molar refractivity (Wildman–Crippen MR) is 43.8 cm³/mol. The molecule has 11 heavy (non-hydrogen) atoms. The summed E-state index contributed by atoms with van der Waals surface area (Å²) in [5.74, 6) is 6.09. The molecule has 0 radical (unpaired) electrons. The molecule has 1 heterocycles. The van der Waals surface area contributed by atoms with Gasteiger partial charge in [-0.25, -0.2) is 9.97 Å². The summed E-state index contributed by atoms with van der Waals surface area (Å²) in [6, 6.07) is 0. The highest BCUT2D eigenvalue weighted by atomic mass is 15.2. The van der Waals surface area contributed by atoms with Crippen molar-refractivity contribution in [2.45, 2.75) is 0 Å². The van der Waals surface area contributed by atoms with E-state index in [4.69, 9.17) is 11.6 Å². The van der Waals surface area contributed by atoms with Gasteiger partial charge in [-0.1, -0.05) is 0 Å². The number of nitrogen functional groups attached to an aromatic ring is 2. The molecule has 0 saturated carbocycles. The van der Waals surface area contributed by atoms with Crippen molar-refractivity contribution in [3.63, 3.8) is 0 Å². The van der Waals surface area contributed by atoms with Crippen molar-refractivity contribution in [3.8, 4) is 0 Å².